The molecule has 0 aliphatic rings. The van der Waals surface area contributed by atoms with Gasteiger partial charge in [0.25, 0.3) is 0 Å². The molecule has 1 amide bonds. The minimum atomic E-state index is -0.196. The Kier molecular flexibility index (Phi) is 17.5. The first-order valence-corrected chi connectivity index (χ1v) is 12.1. The summed E-state index contributed by atoms with van der Waals surface area (Å²) in [5, 5.41) is 2.74. The molecule has 0 aliphatic carbocycles. The molecule has 6 nitrogen and oxygen atoms in total. The predicted octanol–water partition coefficient (Wildman–Crippen LogP) is 7.12. The predicted molar refractivity (Wildman–Crippen MR) is 168 cm³/mol. The Balaban J connectivity index is -0.000000574. The maximum atomic E-state index is 11.8. The molecule has 206 valence electrons. The zero-order valence-electron chi connectivity index (χ0n) is 22.9. The Morgan fingerprint density at radius 2 is 1.26 bits per heavy atom. The van der Waals surface area contributed by atoms with E-state index < -0.39 is 0 Å². The Labute approximate surface area is 230 Å². The van der Waals surface area contributed by atoms with Crippen LogP contribution in [0.5, 0.6) is 0 Å². The van der Waals surface area contributed by atoms with Gasteiger partial charge in [-0.3, -0.25) is 4.79 Å². The van der Waals surface area contributed by atoms with Crippen LogP contribution in [0.2, 0.25) is 0 Å². The first-order valence-electron chi connectivity index (χ1n) is 12.1. The normalized spacial score (nSPS) is 9.29. The second-order valence-electron chi connectivity index (χ2n) is 7.72. The Morgan fingerprint density at radius 3 is 1.82 bits per heavy atom. The highest BCUT2D eigenvalue weighted by molar-refractivity contribution is 6.03. The summed E-state index contributed by atoms with van der Waals surface area (Å²) in [5.41, 5.74) is 18.0. The van der Waals surface area contributed by atoms with Gasteiger partial charge in [-0.2, -0.15) is 0 Å². The Morgan fingerprint density at radius 1 is 0.763 bits per heavy atom. The maximum absolute atomic E-state index is 11.8. The van der Waals surface area contributed by atoms with Crippen LogP contribution >= 0.6 is 0 Å². The molecule has 4 aromatic rings. The molecule has 0 aliphatic heterocycles. The third-order valence-corrected chi connectivity index (χ3v) is 4.74. The van der Waals surface area contributed by atoms with Gasteiger partial charge in [-0.05, 0) is 54.0 Å². The number of rotatable bonds is 4. The number of carbonyl (C=O) groups excluding carboxylic acids is 1. The van der Waals surface area contributed by atoms with Crippen molar-refractivity contribution in [3.05, 3.63) is 120 Å². The summed E-state index contributed by atoms with van der Waals surface area (Å²) in [6.45, 7) is 6.03. The van der Waals surface area contributed by atoms with Crippen molar-refractivity contribution in [2.75, 3.05) is 31.0 Å². The molecule has 0 radical (unpaired) electrons. The average molecular weight is 520 g/mol. The molecular weight excluding hydrogens is 474 g/mol. The number of hydrogen-bond donors (Lipinski definition) is 3. The van der Waals surface area contributed by atoms with E-state index in [-0.39, 0.29) is 14.2 Å². The minimum absolute atomic E-state index is 0. The Hall–Kier alpha value is -4.39. The monoisotopic (exact) mass is 519 g/mol. The third kappa shape index (κ3) is 13.1. The van der Waals surface area contributed by atoms with Gasteiger partial charge in [0.05, 0.1) is 11.4 Å². The van der Waals surface area contributed by atoms with Crippen LogP contribution in [-0.4, -0.2) is 25.6 Å². The van der Waals surface area contributed by atoms with Crippen LogP contribution in [0.4, 0.5) is 17.1 Å². The fourth-order valence-corrected chi connectivity index (χ4v) is 2.94. The lowest BCUT2D eigenvalue weighted by molar-refractivity contribution is -0.111. The largest absolute Gasteiger partial charge is 0.412 e. The van der Waals surface area contributed by atoms with Gasteiger partial charge in [0.1, 0.15) is 0 Å². The molecule has 0 atom stereocenters. The number of nitrogen functional groups attached to an aromatic ring is 2. The fraction of sp³-hybridized carbons (Fsp3) is 0.156. The molecule has 4 aromatic carbocycles. The summed E-state index contributed by atoms with van der Waals surface area (Å²) in [5.74, 6) is -0.196. The van der Waals surface area contributed by atoms with E-state index in [9.17, 15) is 4.79 Å². The zero-order valence-corrected chi connectivity index (χ0v) is 22.9. The molecule has 4 rings (SSSR count). The molecule has 0 saturated heterocycles. The van der Waals surface area contributed by atoms with E-state index in [0.717, 1.165) is 11.3 Å². The van der Waals surface area contributed by atoms with Crippen molar-refractivity contribution in [1.29, 1.82) is 0 Å². The number of ether oxygens (including phenoxy) is 1. The van der Waals surface area contributed by atoms with Crippen molar-refractivity contribution in [3.63, 3.8) is 0 Å². The molecular formula is C32H45N3O3. The van der Waals surface area contributed by atoms with Gasteiger partial charge in [0.2, 0.25) is 5.91 Å². The number of anilines is 3. The molecule has 6 heteroatoms. The lowest BCUT2D eigenvalue weighted by atomic mass is 10.1. The van der Waals surface area contributed by atoms with Crippen LogP contribution in [-0.2, 0) is 9.53 Å². The summed E-state index contributed by atoms with van der Waals surface area (Å²) in [4.78, 5) is 11.8. The highest BCUT2D eigenvalue weighted by atomic mass is 16.4. The maximum Gasteiger partial charge on any atom is 0.248 e. The number of aryl methyl sites for hydroxylation is 1. The van der Waals surface area contributed by atoms with E-state index in [0.29, 0.717) is 11.4 Å². The molecule has 0 spiro atoms. The Bertz CT molecular complexity index is 1200. The molecule has 7 N–H and O–H groups in total. The topological polar surface area (TPSA) is 122 Å². The average Bonchev–Trinajstić information content (AvgIpc) is 2.93. The SMILES string of the molecule is CC.COC.Cc1ccc(/C=C/C(=O)Nc2ccccc2N)cc1.Nc1ccc(-c2ccccc2)cc1.O.[HH].[HH]. The number of para-hydroxylation sites is 2. The number of methoxy groups -OCH3 is 1. The number of carbonyl (C=O) groups is 1. The lowest BCUT2D eigenvalue weighted by Crippen LogP contribution is -2.09. The van der Waals surface area contributed by atoms with Gasteiger partial charge >= 0.3 is 0 Å². The molecule has 0 bridgehead atoms. The first-order chi connectivity index (χ1) is 17.9. The lowest BCUT2D eigenvalue weighted by Gasteiger charge is -2.04. The number of nitrogens with one attached hydrogen (secondary N) is 1. The zero-order chi connectivity index (χ0) is 27.5. The smallest absolute Gasteiger partial charge is 0.248 e. The van der Waals surface area contributed by atoms with E-state index in [1.54, 1.807) is 32.4 Å². The fourth-order valence-electron chi connectivity index (χ4n) is 2.94. The van der Waals surface area contributed by atoms with Crippen LogP contribution in [0.25, 0.3) is 17.2 Å². The summed E-state index contributed by atoms with van der Waals surface area (Å²) >= 11 is 0. The molecule has 0 unspecified atom stereocenters. The van der Waals surface area contributed by atoms with Crippen molar-refractivity contribution in [2.45, 2.75) is 20.8 Å². The number of benzene rings is 4. The second-order valence-corrected chi connectivity index (χ2v) is 7.72. The summed E-state index contributed by atoms with van der Waals surface area (Å²) in [6, 6.07) is 33.3. The third-order valence-electron chi connectivity index (χ3n) is 4.74. The van der Waals surface area contributed by atoms with Crippen LogP contribution in [0.1, 0.15) is 27.8 Å². The van der Waals surface area contributed by atoms with E-state index in [1.165, 1.54) is 22.8 Å². The van der Waals surface area contributed by atoms with Gasteiger partial charge in [-0.1, -0.05) is 98.3 Å². The van der Waals surface area contributed by atoms with Gasteiger partial charge in [0.15, 0.2) is 0 Å². The number of hydrogen-bond acceptors (Lipinski definition) is 4. The van der Waals surface area contributed by atoms with E-state index in [2.05, 4.69) is 22.2 Å². The first kappa shape index (κ1) is 33.6. The highest BCUT2D eigenvalue weighted by Crippen LogP contribution is 2.19. The highest BCUT2D eigenvalue weighted by Gasteiger charge is 2.00. The quantitative estimate of drug-likeness (QED) is 0.196. The van der Waals surface area contributed by atoms with Gasteiger partial charge in [-0.25, -0.2) is 0 Å². The molecule has 0 saturated carbocycles. The number of amides is 1. The molecule has 0 aromatic heterocycles. The van der Waals surface area contributed by atoms with Crippen molar-refractivity contribution in [2.24, 2.45) is 0 Å². The number of nitrogens with two attached hydrogens (primary N) is 2. The van der Waals surface area contributed by atoms with Gasteiger partial charge in [-0.15, -0.1) is 0 Å². The van der Waals surface area contributed by atoms with Crippen LogP contribution in [0, 0.1) is 6.92 Å². The van der Waals surface area contributed by atoms with Crippen molar-refractivity contribution in [1.82, 2.24) is 0 Å². The minimum Gasteiger partial charge on any atom is -0.412 e. The van der Waals surface area contributed by atoms with Crippen LogP contribution in [0.15, 0.2) is 109 Å². The molecule has 0 heterocycles. The van der Waals surface area contributed by atoms with Crippen molar-refractivity contribution in [3.8, 4) is 11.1 Å². The summed E-state index contributed by atoms with van der Waals surface area (Å²) in [6.07, 6.45) is 3.27. The van der Waals surface area contributed by atoms with E-state index >= 15 is 0 Å². The van der Waals surface area contributed by atoms with E-state index in [1.807, 2.05) is 99.6 Å². The van der Waals surface area contributed by atoms with Crippen LogP contribution < -0.4 is 16.8 Å². The second kappa shape index (κ2) is 19.8. The summed E-state index contributed by atoms with van der Waals surface area (Å²) in [7, 11) is 3.25. The van der Waals surface area contributed by atoms with Crippen LogP contribution in [0.3, 0.4) is 0 Å². The van der Waals surface area contributed by atoms with Gasteiger partial charge < -0.3 is 27.0 Å². The molecule has 0 fully saturated rings. The standard InChI is InChI=1S/C16H16N2O.C12H11N.C2H6O.C2H6.H2O.2H2/c1-12-6-8-13(9-7-12)10-11-16(19)18-15-5-3-2-4-14(15)17;13-12-8-6-11(7-9-12)10-4-2-1-3-5-10;1-3-2;1-2;;;/h2-11H,17H2,1H3,(H,18,19);1-9H,13H2;1-2H3;1-2H3;1H2;2*1H/b11-10+;;;;;;. The van der Waals surface area contributed by atoms with Crippen molar-refractivity contribution >= 4 is 29.0 Å². The van der Waals surface area contributed by atoms with E-state index in [4.69, 9.17) is 11.5 Å². The summed E-state index contributed by atoms with van der Waals surface area (Å²) < 4.78 is 4.25. The van der Waals surface area contributed by atoms with Crippen molar-refractivity contribution < 1.29 is 17.9 Å². The van der Waals surface area contributed by atoms with Gasteiger partial charge in [0, 0.05) is 28.8 Å². The molecule has 38 heavy (non-hydrogen) atoms.